The fraction of sp³-hybridized carbons (Fsp3) is 0.179. The average Bonchev–Trinajstić information content (AvgIpc) is 3.12. The molecule has 1 aromatic heterocycles. The van der Waals surface area contributed by atoms with Gasteiger partial charge in [-0.15, -0.1) is 0 Å². The molecule has 7 nitrogen and oxygen atoms in total. The summed E-state index contributed by atoms with van der Waals surface area (Å²) >= 11 is 0. The Morgan fingerprint density at radius 2 is 1.89 bits per heavy atom. The lowest BCUT2D eigenvalue weighted by Crippen LogP contribution is -2.29. The summed E-state index contributed by atoms with van der Waals surface area (Å²) in [5.41, 5.74) is 2.64. The summed E-state index contributed by atoms with van der Waals surface area (Å²) in [5.74, 6) is -0.393. The van der Waals surface area contributed by atoms with Gasteiger partial charge in [-0.25, -0.2) is 0 Å². The summed E-state index contributed by atoms with van der Waals surface area (Å²) in [7, 11) is 1.56. The number of rotatable bonds is 8. The number of aromatic nitrogens is 1. The molecule has 0 saturated carbocycles. The van der Waals surface area contributed by atoms with Crippen LogP contribution in [0.15, 0.2) is 85.2 Å². The first-order valence-corrected chi connectivity index (χ1v) is 11.1. The van der Waals surface area contributed by atoms with Gasteiger partial charge in [-0.2, -0.15) is 0 Å². The third kappa shape index (κ3) is 4.80. The van der Waals surface area contributed by atoms with Gasteiger partial charge in [-0.05, 0) is 60.0 Å². The van der Waals surface area contributed by atoms with Crippen molar-refractivity contribution < 1.29 is 24.2 Å². The summed E-state index contributed by atoms with van der Waals surface area (Å²) in [6, 6.07) is 15.1. The van der Waals surface area contributed by atoms with Gasteiger partial charge >= 0.3 is 0 Å². The Morgan fingerprint density at radius 3 is 2.51 bits per heavy atom. The lowest BCUT2D eigenvalue weighted by molar-refractivity contribution is -0.140. The predicted octanol–water partition coefficient (Wildman–Crippen LogP) is 4.59. The maximum atomic E-state index is 13.3. The van der Waals surface area contributed by atoms with E-state index in [-0.39, 0.29) is 17.9 Å². The number of carbonyl (C=O) groups is 2. The Morgan fingerprint density at radius 1 is 1.14 bits per heavy atom. The highest BCUT2D eigenvalue weighted by Crippen LogP contribution is 2.41. The number of ketones is 1. The number of methoxy groups -OCH3 is 1. The number of Topliss-reactive ketones (excluding diaryl/α,β-unsaturated/α-hetero) is 1. The fourth-order valence-corrected chi connectivity index (χ4v) is 4.16. The Labute approximate surface area is 203 Å². The van der Waals surface area contributed by atoms with Crippen LogP contribution in [0.25, 0.3) is 5.76 Å². The molecule has 2 aromatic carbocycles. The third-order valence-corrected chi connectivity index (χ3v) is 5.87. The number of nitrogens with zero attached hydrogens (tertiary/aromatic N) is 2. The van der Waals surface area contributed by atoms with E-state index < -0.39 is 17.7 Å². The molecular weight excluding hydrogens is 444 g/mol. The van der Waals surface area contributed by atoms with E-state index in [0.717, 1.165) is 5.56 Å². The molecule has 1 fully saturated rings. The van der Waals surface area contributed by atoms with Crippen molar-refractivity contribution in [2.45, 2.75) is 19.5 Å². The van der Waals surface area contributed by atoms with Crippen LogP contribution in [0.4, 0.5) is 0 Å². The largest absolute Gasteiger partial charge is 0.507 e. The number of aliphatic hydroxyl groups is 1. The molecule has 1 aliphatic rings. The van der Waals surface area contributed by atoms with Crippen LogP contribution in [0, 0.1) is 6.92 Å². The van der Waals surface area contributed by atoms with Crippen molar-refractivity contribution in [2.75, 3.05) is 13.7 Å². The number of pyridine rings is 1. The summed E-state index contributed by atoms with van der Waals surface area (Å²) in [4.78, 5) is 32.0. The van der Waals surface area contributed by atoms with E-state index in [0.29, 0.717) is 34.8 Å². The zero-order valence-electron chi connectivity index (χ0n) is 19.6. The Bertz CT molecular complexity index is 1280. The SMILES string of the molecule is C=CCOc1ccc(C(O)=C2C(=O)C(=O)N(Cc3cccnc3)C2c2ccc(OC)cc2)c(C)c1. The summed E-state index contributed by atoms with van der Waals surface area (Å²) < 4.78 is 10.8. The molecule has 7 heteroatoms. The molecule has 1 N–H and O–H groups in total. The number of carbonyl (C=O) groups excluding carboxylic acids is 2. The number of hydrogen-bond donors (Lipinski definition) is 1. The Balaban J connectivity index is 1.82. The quantitative estimate of drug-likeness (QED) is 0.224. The Kier molecular flexibility index (Phi) is 6.96. The van der Waals surface area contributed by atoms with Crippen LogP contribution in [-0.2, 0) is 16.1 Å². The number of benzene rings is 2. The molecule has 1 aliphatic heterocycles. The molecule has 0 aliphatic carbocycles. The lowest BCUT2D eigenvalue weighted by Gasteiger charge is -2.25. The van der Waals surface area contributed by atoms with Gasteiger partial charge < -0.3 is 19.5 Å². The molecule has 0 radical (unpaired) electrons. The minimum Gasteiger partial charge on any atom is -0.507 e. The topological polar surface area (TPSA) is 89.0 Å². The van der Waals surface area contributed by atoms with Crippen LogP contribution in [0.2, 0.25) is 0 Å². The molecule has 0 bridgehead atoms. The number of ether oxygens (including phenoxy) is 2. The van der Waals surface area contributed by atoms with Crippen LogP contribution in [-0.4, -0.2) is 40.4 Å². The van der Waals surface area contributed by atoms with E-state index in [9.17, 15) is 14.7 Å². The van der Waals surface area contributed by atoms with Gasteiger partial charge in [0.15, 0.2) is 0 Å². The zero-order valence-corrected chi connectivity index (χ0v) is 19.6. The molecule has 4 rings (SSSR count). The van der Waals surface area contributed by atoms with Crippen LogP contribution in [0.1, 0.15) is 28.3 Å². The van der Waals surface area contributed by atoms with Gasteiger partial charge in [0.25, 0.3) is 11.7 Å². The van der Waals surface area contributed by atoms with Crippen molar-refractivity contribution in [1.29, 1.82) is 0 Å². The first-order chi connectivity index (χ1) is 16.9. The summed E-state index contributed by atoms with van der Waals surface area (Å²) in [5, 5.41) is 11.4. The minimum atomic E-state index is -0.780. The molecule has 178 valence electrons. The molecule has 1 atom stereocenters. The van der Waals surface area contributed by atoms with Crippen molar-refractivity contribution in [3.05, 3.63) is 107 Å². The van der Waals surface area contributed by atoms with Crippen molar-refractivity contribution in [2.24, 2.45) is 0 Å². The molecule has 2 heterocycles. The molecule has 1 amide bonds. The molecular formula is C28H26N2O5. The first kappa shape index (κ1) is 23.8. The maximum Gasteiger partial charge on any atom is 0.295 e. The number of aliphatic hydroxyl groups excluding tert-OH is 1. The average molecular weight is 471 g/mol. The second-order valence-electron chi connectivity index (χ2n) is 8.14. The van der Waals surface area contributed by atoms with Crippen molar-refractivity contribution in [3.63, 3.8) is 0 Å². The monoisotopic (exact) mass is 470 g/mol. The van der Waals surface area contributed by atoms with Gasteiger partial charge in [0.2, 0.25) is 0 Å². The minimum absolute atomic E-state index is 0.0342. The van der Waals surface area contributed by atoms with E-state index >= 15 is 0 Å². The van der Waals surface area contributed by atoms with Crippen molar-refractivity contribution in [1.82, 2.24) is 9.88 Å². The van der Waals surface area contributed by atoms with Gasteiger partial charge in [0.1, 0.15) is 23.9 Å². The van der Waals surface area contributed by atoms with Crippen LogP contribution in [0.5, 0.6) is 11.5 Å². The van der Waals surface area contributed by atoms with E-state index in [4.69, 9.17) is 9.47 Å². The van der Waals surface area contributed by atoms with E-state index in [1.165, 1.54) is 4.90 Å². The molecule has 1 saturated heterocycles. The van der Waals surface area contributed by atoms with Crippen LogP contribution >= 0.6 is 0 Å². The van der Waals surface area contributed by atoms with Crippen LogP contribution in [0.3, 0.4) is 0 Å². The normalized spacial score (nSPS) is 16.9. The Hall–Kier alpha value is -4.39. The second-order valence-corrected chi connectivity index (χ2v) is 8.14. The van der Waals surface area contributed by atoms with Gasteiger partial charge in [-0.1, -0.05) is 30.9 Å². The van der Waals surface area contributed by atoms with Gasteiger partial charge in [0, 0.05) is 24.5 Å². The second kappa shape index (κ2) is 10.3. The number of aryl methyl sites for hydroxylation is 1. The smallest absolute Gasteiger partial charge is 0.295 e. The number of amides is 1. The van der Waals surface area contributed by atoms with Crippen molar-refractivity contribution in [3.8, 4) is 11.5 Å². The highest BCUT2D eigenvalue weighted by Gasteiger charge is 2.46. The van der Waals surface area contributed by atoms with E-state index in [1.54, 1.807) is 74.1 Å². The molecule has 1 unspecified atom stereocenters. The molecule has 0 spiro atoms. The fourth-order valence-electron chi connectivity index (χ4n) is 4.16. The van der Waals surface area contributed by atoms with Gasteiger partial charge in [0.05, 0.1) is 18.7 Å². The van der Waals surface area contributed by atoms with Crippen LogP contribution < -0.4 is 9.47 Å². The van der Waals surface area contributed by atoms with Crippen molar-refractivity contribution >= 4 is 17.4 Å². The highest BCUT2D eigenvalue weighted by molar-refractivity contribution is 6.46. The highest BCUT2D eigenvalue weighted by atomic mass is 16.5. The lowest BCUT2D eigenvalue weighted by atomic mass is 9.93. The zero-order chi connectivity index (χ0) is 24.9. The third-order valence-electron chi connectivity index (χ3n) is 5.87. The number of hydrogen-bond acceptors (Lipinski definition) is 6. The predicted molar refractivity (Wildman–Crippen MR) is 132 cm³/mol. The van der Waals surface area contributed by atoms with Gasteiger partial charge in [-0.3, -0.25) is 14.6 Å². The van der Waals surface area contributed by atoms with E-state index in [1.807, 2.05) is 13.0 Å². The molecule has 35 heavy (non-hydrogen) atoms. The number of likely N-dealkylation sites (tertiary alicyclic amines) is 1. The summed E-state index contributed by atoms with van der Waals surface area (Å²) in [6.07, 6.45) is 4.93. The maximum absolute atomic E-state index is 13.3. The molecule has 3 aromatic rings. The first-order valence-electron chi connectivity index (χ1n) is 11.1. The summed E-state index contributed by atoms with van der Waals surface area (Å²) in [6.45, 7) is 5.96. The van der Waals surface area contributed by atoms with E-state index in [2.05, 4.69) is 11.6 Å². The standard InChI is InChI=1S/C28H26N2O5/c1-4-14-35-22-11-12-23(18(2)15-22)26(31)24-25(20-7-9-21(34-3)10-8-20)30(28(33)27(24)32)17-19-6-5-13-29-16-19/h4-13,15-16,25,31H,1,14,17H2,2-3H3.